The highest BCUT2D eigenvalue weighted by atomic mass is 35.5. The van der Waals surface area contributed by atoms with E-state index in [1.165, 1.54) is 18.5 Å². The Kier molecular flexibility index (Phi) is 5.12. The summed E-state index contributed by atoms with van der Waals surface area (Å²) < 4.78 is 6.23. The maximum atomic E-state index is 13.0. The standard InChI is InChI=1S/C22H16ClN3O4/c1-13-14(10-11-30-13)20(27)25-24-12-17-15-6-2-3-7-16(15)21(28)26(22(17)29)19-9-5-4-8-18(19)23/h2-12,29H,1H3,(H,25,27). The van der Waals surface area contributed by atoms with Gasteiger partial charge in [-0.25, -0.2) is 9.99 Å². The van der Waals surface area contributed by atoms with Crippen molar-refractivity contribution in [3.05, 3.63) is 93.1 Å². The van der Waals surface area contributed by atoms with Crippen molar-refractivity contribution >= 4 is 34.5 Å². The Hall–Kier alpha value is -3.84. The molecule has 4 aromatic rings. The fourth-order valence-electron chi connectivity index (χ4n) is 3.18. The van der Waals surface area contributed by atoms with Gasteiger partial charge in [0.2, 0.25) is 5.88 Å². The van der Waals surface area contributed by atoms with Gasteiger partial charge in [-0.05, 0) is 31.2 Å². The molecule has 2 N–H and O–H groups in total. The number of nitrogens with zero attached hydrogens (tertiary/aromatic N) is 2. The lowest BCUT2D eigenvalue weighted by molar-refractivity contribution is 0.0953. The topological polar surface area (TPSA) is 96.8 Å². The van der Waals surface area contributed by atoms with Crippen LogP contribution in [0.2, 0.25) is 5.02 Å². The van der Waals surface area contributed by atoms with Gasteiger partial charge in [0, 0.05) is 10.8 Å². The number of nitrogens with one attached hydrogen (secondary N) is 1. The van der Waals surface area contributed by atoms with Gasteiger partial charge < -0.3 is 9.52 Å². The molecule has 2 aromatic heterocycles. The maximum Gasteiger partial charge on any atom is 0.274 e. The van der Waals surface area contributed by atoms with Crippen LogP contribution in [-0.4, -0.2) is 21.8 Å². The van der Waals surface area contributed by atoms with Gasteiger partial charge >= 0.3 is 0 Å². The fourth-order valence-corrected chi connectivity index (χ4v) is 3.40. The van der Waals surface area contributed by atoms with Crippen molar-refractivity contribution in [3.63, 3.8) is 0 Å². The average Bonchev–Trinajstić information content (AvgIpc) is 3.18. The van der Waals surface area contributed by atoms with E-state index in [0.717, 1.165) is 4.57 Å². The first kappa shape index (κ1) is 19.5. The maximum absolute atomic E-state index is 13.0. The number of aromatic hydroxyl groups is 1. The number of amides is 1. The SMILES string of the molecule is Cc1occc1C(=O)NN=Cc1c(O)n(-c2ccccc2Cl)c(=O)c2ccccc12. The Morgan fingerprint density at radius 3 is 2.53 bits per heavy atom. The molecule has 0 saturated heterocycles. The molecule has 0 saturated carbocycles. The van der Waals surface area contributed by atoms with E-state index in [1.54, 1.807) is 55.5 Å². The van der Waals surface area contributed by atoms with Crippen molar-refractivity contribution < 1.29 is 14.3 Å². The summed E-state index contributed by atoms with van der Waals surface area (Å²) in [5, 5.41) is 16.0. The molecular formula is C22H16ClN3O4. The predicted molar refractivity (Wildman–Crippen MR) is 115 cm³/mol. The minimum Gasteiger partial charge on any atom is -0.494 e. The van der Waals surface area contributed by atoms with Crippen LogP contribution in [-0.2, 0) is 0 Å². The van der Waals surface area contributed by atoms with Crippen LogP contribution in [0.5, 0.6) is 5.88 Å². The zero-order valence-corrected chi connectivity index (χ0v) is 16.6. The van der Waals surface area contributed by atoms with Gasteiger partial charge in [0.1, 0.15) is 5.76 Å². The number of furan rings is 1. The molecule has 0 aliphatic carbocycles. The number of benzene rings is 2. The molecule has 0 bridgehead atoms. The average molecular weight is 422 g/mol. The number of carbonyl (C=O) groups is 1. The summed E-state index contributed by atoms with van der Waals surface area (Å²) in [5.41, 5.74) is 2.91. The molecule has 0 aliphatic rings. The van der Waals surface area contributed by atoms with Crippen LogP contribution in [0.15, 0.2) is 75.2 Å². The third-order valence-electron chi connectivity index (χ3n) is 4.66. The second-order valence-corrected chi connectivity index (χ2v) is 6.87. The lowest BCUT2D eigenvalue weighted by Crippen LogP contribution is -2.21. The van der Waals surface area contributed by atoms with Crippen LogP contribution in [0.25, 0.3) is 16.5 Å². The number of aryl methyl sites for hydroxylation is 1. The van der Waals surface area contributed by atoms with Gasteiger partial charge in [-0.15, -0.1) is 0 Å². The Bertz CT molecular complexity index is 1350. The zero-order valence-electron chi connectivity index (χ0n) is 15.8. The van der Waals surface area contributed by atoms with Crippen LogP contribution in [0.4, 0.5) is 0 Å². The first-order chi connectivity index (χ1) is 14.5. The van der Waals surface area contributed by atoms with Gasteiger partial charge in [0.15, 0.2) is 0 Å². The minimum atomic E-state index is -0.458. The Balaban J connectivity index is 1.83. The number of hydrogen-bond donors (Lipinski definition) is 2. The van der Waals surface area contributed by atoms with E-state index < -0.39 is 11.5 Å². The molecule has 0 aliphatic heterocycles. The molecule has 0 unspecified atom stereocenters. The quantitative estimate of drug-likeness (QED) is 0.384. The van der Waals surface area contributed by atoms with Crippen LogP contribution in [0, 0.1) is 6.92 Å². The number of halogens is 1. The third kappa shape index (κ3) is 3.35. The lowest BCUT2D eigenvalue weighted by atomic mass is 10.1. The number of hydrogen-bond acceptors (Lipinski definition) is 5. The highest BCUT2D eigenvalue weighted by Gasteiger charge is 2.18. The highest BCUT2D eigenvalue weighted by molar-refractivity contribution is 6.32. The normalized spacial score (nSPS) is 11.3. The molecule has 8 heteroatoms. The van der Waals surface area contributed by atoms with Gasteiger partial charge in [-0.3, -0.25) is 9.59 Å². The number of carbonyl (C=O) groups excluding carboxylic acids is 1. The van der Waals surface area contributed by atoms with Gasteiger partial charge in [-0.1, -0.05) is 41.9 Å². The van der Waals surface area contributed by atoms with Gasteiger partial charge in [-0.2, -0.15) is 5.10 Å². The lowest BCUT2D eigenvalue weighted by Gasteiger charge is -2.14. The number of para-hydroxylation sites is 1. The molecule has 0 fully saturated rings. The van der Waals surface area contributed by atoms with E-state index in [2.05, 4.69) is 10.5 Å². The first-order valence-electron chi connectivity index (χ1n) is 8.98. The summed E-state index contributed by atoms with van der Waals surface area (Å²) in [6, 6.07) is 15.0. The van der Waals surface area contributed by atoms with E-state index in [0.29, 0.717) is 32.8 Å². The number of rotatable bonds is 4. The third-order valence-corrected chi connectivity index (χ3v) is 4.98. The second-order valence-electron chi connectivity index (χ2n) is 6.46. The predicted octanol–water partition coefficient (Wildman–Crippen LogP) is 4.02. The molecular weight excluding hydrogens is 406 g/mol. The van der Waals surface area contributed by atoms with Gasteiger partial charge in [0.05, 0.1) is 34.3 Å². The van der Waals surface area contributed by atoms with E-state index in [9.17, 15) is 14.7 Å². The fraction of sp³-hybridized carbons (Fsp3) is 0.0455. The van der Waals surface area contributed by atoms with Crippen molar-refractivity contribution in [2.45, 2.75) is 6.92 Å². The van der Waals surface area contributed by atoms with Crippen molar-refractivity contribution in [2.75, 3.05) is 0 Å². The second kappa shape index (κ2) is 7.88. The van der Waals surface area contributed by atoms with Crippen LogP contribution < -0.4 is 11.0 Å². The van der Waals surface area contributed by atoms with E-state index in [-0.39, 0.29) is 11.4 Å². The van der Waals surface area contributed by atoms with E-state index >= 15 is 0 Å². The molecule has 4 rings (SSSR count). The summed E-state index contributed by atoms with van der Waals surface area (Å²) >= 11 is 6.25. The molecule has 7 nitrogen and oxygen atoms in total. The van der Waals surface area contributed by atoms with Crippen molar-refractivity contribution in [1.29, 1.82) is 0 Å². The zero-order chi connectivity index (χ0) is 21.3. The van der Waals surface area contributed by atoms with E-state index in [1.807, 2.05) is 0 Å². The monoisotopic (exact) mass is 421 g/mol. The summed E-state index contributed by atoms with van der Waals surface area (Å²) in [7, 11) is 0. The molecule has 2 heterocycles. The molecule has 150 valence electrons. The molecule has 0 radical (unpaired) electrons. The summed E-state index contributed by atoms with van der Waals surface area (Å²) in [5.74, 6) is -0.340. The van der Waals surface area contributed by atoms with Crippen molar-refractivity contribution in [3.8, 4) is 11.6 Å². The molecule has 0 atom stereocenters. The Morgan fingerprint density at radius 1 is 1.13 bits per heavy atom. The molecule has 1 amide bonds. The van der Waals surface area contributed by atoms with Crippen LogP contribution in [0.3, 0.4) is 0 Å². The molecule has 2 aromatic carbocycles. The minimum absolute atomic E-state index is 0.259. The van der Waals surface area contributed by atoms with Crippen molar-refractivity contribution in [1.82, 2.24) is 9.99 Å². The largest absolute Gasteiger partial charge is 0.494 e. The molecule has 30 heavy (non-hydrogen) atoms. The smallest absolute Gasteiger partial charge is 0.274 e. The molecule has 0 spiro atoms. The van der Waals surface area contributed by atoms with Crippen LogP contribution in [0.1, 0.15) is 21.7 Å². The van der Waals surface area contributed by atoms with E-state index in [4.69, 9.17) is 16.0 Å². The Labute approximate surface area is 175 Å². The van der Waals surface area contributed by atoms with Crippen molar-refractivity contribution in [2.24, 2.45) is 5.10 Å². The number of hydrazone groups is 1. The Morgan fingerprint density at radius 2 is 1.83 bits per heavy atom. The van der Waals surface area contributed by atoms with Crippen LogP contribution >= 0.6 is 11.6 Å². The number of fused-ring (bicyclic) bond motifs is 1. The highest BCUT2D eigenvalue weighted by Crippen LogP contribution is 2.28. The van der Waals surface area contributed by atoms with Gasteiger partial charge in [0.25, 0.3) is 11.5 Å². The number of pyridine rings is 1. The summed E-state index contributed by atoms with van der Waals surface area (Å²) in [6.07, 6.45) is 2.70. The first-order valence-corrected chi connectivity index (χ1v) is 9.36. The summed E-state index contributed by atoms with van der Waals surface area (Å²) in [6.45, 7) is 1.66. The number of aromatic nitrogens is 1. The summed E-state index contributed by atoms with van der Waals surface area (Å²) in [4.78, 5) is 25.3.